The Morgan fingerprint density at radius 1 is 1.31 bits per heavy atom. The first-order valence-corrected chi connectivity index (χ1v) is 4.42. The molecule has 0 atom stereocenters. The van der Waals surface area contributed by atoms with Crippen molar-refractivity contribution in [3.8, 4) is 0 Å². The lowest BCUT2D eigenvalue weighted by atomic mass is 10.3. The van der Waals surface area contributed by atoms with Gasteiger partial charge in [-0.3, -0.25) is 9.65 Å². The second-order valence-electron chi connectivity index (χ2n) is 2.07. The zero-order chi connectivity index (χ0) is 9.68. The second-order valence-corrected chi connectivity index (χ2v) is 2.54. The van der Waals surface area contributed by atoms with Gasteiger partial charge in [-0.25, -0.2) is 8.42 Å². The van der Waals surface area contributed by atoms with Gasteiger partial charge in [0.05, 0.1) is 5.52 Å². The highest BCUT2D eigenvalue weighted by atomic mass is 32.2. The number of hydrogen-bond acceptors (Lipinski definition) is 4. The summed E-state index contributed by atoms with van der Waals surface area (Å²) in [6, 6.07) is 7.74. The number of benzene rings is 1. The van der Waals surface area contributed by atoms with Crippen LogP contribution in [0.4, 0.5) is 0 Å². The minimum absolute atomic E-state index is 0.914. The first-order chi connectivity index (χ1) is 6.20. The summed E-state index contributed by atoms with van der Waals surface area (Å²) >= 11 is 0. The van der Waals surface area contributed by atoms with E-state index in [4.69, 9.17) is 13.0 Å². The lowest BCUT2D eigenvalue weighted by molar-refractivity contribution is 0.509. The number of rotatable bonds is 0. The Morgan fingerprint density at radius 2 is 1.92 bits per heavy atom. The van der Waals surface area contributed by atoms with E-state index in [1.165, 1.54) is 0 Å². The van der Waals surface area contributed by atoms with Gasteiger partial charge in [0, 0.05) is 0 Å². The third-order valence-electron chi connectivity index (χ3n) is 1.23. The zero-order valence-corrected chi connectivity index (χ0v) is 7.31. The summed E-state index contributed by atoms with van der Waals surface area (Å²) < 4.78 is 24.2. The fourth-order valence-corrected chi connectivity index (χ4v) is 0.788. The molecule has 0 fully saturated rings. The first kappa shape index (κ1) is 9.62. The van der Waals surface area contributed by atoms with Crippen LogP contribution in [0.5, 0.6) is 0 Å². The van der Waals surface area contributed by atoms with Crippen molar-refractivity contribution in [1.29, 1.82) is 0 Å². The highest BCUT2D eigenvalue weighted by molar-refractivity contribution is 7.66. The lowest BCUT2D eigenvalue weighted by Gasteiger charge is -1.79. The Bertz CT molecular complexity index is 413. The summed E-state index contributed by atoms with van der Waals surface area (Å²) in [6.07, 6.45) is 0. The van der Waals surface area contributed by atoms with Crippen LogP contribution >= 0.6 is 0 Å². The standard InChI is InChI=1S/C6H5N3.H2O3S/c1-2-4-6-5(3-1)7-9-8-6;1-4(2)3/h1-4H,(H,7,8,9);4H,(H,1,2,3). The minimum atomic E-state index is -3.12. The van der Waals surface area contributed by atoms with Crippen LogP contribution in [0.2, 0.25) is 0 Å². The van der Waals surface area contributed by atoms with Gasteiger partial charge in [-0.05, 0) is 12.1 Å². The summed E-state index contributed by atoms with van der Waals surface area (Å²) in [5.74, 6) is 0. The SMILES string of the molecule is O=[SH](=O)O.c1ccc2[nH]nnc2c1. The number of H-pyrrole nitrogens is 1. The van der Waals surface area contributed by atoms with Crippen LogP contribution < -0.4 is 0 Å². The Labute approximate surface area is 75.4 Å². The van der Waals surface area contributed by atoms with E-state index < -0.39 is 11.0 Å². The van der Waals surface area contributed by atoms with E-state index >= 15 is 0 Å². The van der Waals surface area contributed by atoms with E-state index in [9.17, 15) is 0 Å². The third kappa shape index (κ3) is 3.18. The summed E-state index contributed by atoms with van der Waals surface area (Å²) in [4.78, 5) is 0. The number of hydrogen-bond donors (Lipinski definition) is 3. The molecule has 0 radical (unpaired) electrons. The number of para-hydroxylation sites is 1. The van der Waals surface area contributed by atoms with Gasteiger partial charge in [0.15, 0.2) is 0 Å². The fourth-order valence-electron chi connectivity index (χ4n) is 0.788. The normalized spacial score (nSPS) is 9.69. The first-order valence-electron chi connectivity index (χ1n) is 3.29. The molecule has 0 saturated carbocycles. The molecule has 0 aliphatic rings. The molecule has 2 aromatic rings. The van der Waals surface area contributed by atoms with Gasteiger partial charge in [-0.1, -0.05) is 17.3 Å². The number of aromatic nitrogens is 3. The molecule has 1 aromatic heterocycles. The molecule has 0 amide bonds. The van der Waals surface area contributed by atoms with E-state index in [1.54, 1.807) is 0 Å². The predicted octanol–water partition coefficient (Wildman–Crippen LogP) is 0.0287. The van der Waals surface area contributed by atoms with Gasteiger partial charge in [-0.2, -0.15) is 0 Å². The quantitative estimate of drug-likeness (QED) is 0.412. The van der Waals surface area contributed by atoms with Gasteiger partial charge >= 0.3 is 0 Å². The molecule has 6 nitrogen and oxygen atoms in total. The van der Waals surface area contributed by atoms with E-state index in [-0.39, 0.29) is 0 Å². The van der Waals surface area contributed by atoms with Crippen LogP contribution in [0.15, 0.2) is 24.3 Å². The Morgan fingerprint density at radius 3 is 2.54 bits per heavy atom. The Kier molecular flexibility index (Phi) is 3.35. The van der Waals surface area contributed by atoms with Crippen molar-refractivity contribution in [3.63, 3.8) is 0 Å². The average molecular weight is 201 g/mol. The highest BCUT2D eigenvalue weighted by Gasteiger charge is 1.90. The topological polar surface area (TPSA) is 95.9 Å². The molecule has 70 valence electrons. The van der Waals surface area contributed by atoms with E-state index in [0.717, 1.165) is 11.0 Å². The molecular weight excluding hydrogens is 194 g/mol. The molecule has 1 aromatic carbocycles. The van der Waals surface area contributed by atoms with Crippen LogP contribution in [-0.4, -0.2) is 28.4 Å². The highest BCUT2D eigenvalue weighted by Crippen LogP contribution is 2.03. The Balaban J connectivity index is 0.000000184. The van der Waals surface area contributed by atoms with Crippen molar-refractivity contribution < 1.29 is 13.0 Å². The maximum absolute atomic E-state index is 8.59. The van der Waals surface area contributed by atoms with Crippen molar-refractivity contribution in [2.24, 2.45) is 0 Å². The van der Waals surface area contributed by atoms with Crippen LogP contribution in [0.3, 0.4) is 0 Å². The zero-order valence-electron chi connectivity index (χ0n) is 6.41. The molecule has 1 heterocycles. The number of aromatic amines is 1. The molecule has 0 saturated heterocycles. The second kappa shape index (κ2) is 4.53. The monoisotopic (exact) mass is 201 g/mol. The van der Waals surface area contributed by atoms with Crippen LogP contribution in [0.1, 0.15) is 0 Å². The molecule has 0 spiro atoms. The number of fused-ring (bicyclic) bond motifs is 1. The molecule has 2 rings (SSSR count). The van der Waals surface area contributed by atoms with Crippen molar-refractivity contribution in [3.05, 3.63) is 24.3 Å². The van der Waals surface area contributed by atoms with E-state index in [2.05, 4.69) is 15.4 Å². The summed E-state index contributed by atoms with van der Waals surface area (Å²) in [5.41, 5.74) is 1.90. The van der Waals surface area contributed by atoms with E-state index in [0.29, 0.717) is 0 Å². The molecule has 2 N–H and O–H groups in total. The van der Waals surface area contributed by atoms with Gasteiger partial charge < -0.3 is 0 Å². The van der Waals surface area contributed by atoms with Gasteiger partial charge in [0.1, 0.15) is 5.52 Å². The molecule has 0 aliphatic heterocycles. The molecule has 0 aliphatic carbocycles. The van der Waals surface area contributed by atoms with Crippen LogP contribution in [0.25, 0.3) is 11.0 Å². The lowest BCUT2D eigenvalue weighted by Crippen LogP contribution is -1.63. The predicted molar refractivity (Wildman–Crippen MR) is 46.8 cm³/mol. The number of nitrogens with one attached hydrogen (secondary N) is 1. The fraction of sp³-hybridized carbons (Fsp3) is 0. The minimum Gasteiger partial charge on any atom is -0.288 e. The molecule has 7 heteroatoms. The van der Waals surface area contributed by atoms with Crippen molar-refractivity contribution >= 4 is 22.0 Å². The van der Waals surface area contributed by atoms with Crippen LogP contribution in [-0.2, 0) is 11.0 Å². The van der Waals surface area contributed by atoms with Gasteiger partial charge in [0.25, 0.3) is 11.0 Å². The maximum Gasteiger partial charge on any atom is 0.254 e. The van der Waals surface area contributed by atoms with Crippen molar-refractivity contribution in [1.82, 2.24) is 15.4 Å². The van der Waals surface area contributed by atoms with Gasteiger partial charge in [0.2, 0.25) is 0 Å². The molecule has 0 unspecified atom stereocenters. The summed E-state index contributed by atoms with van der Waals surface area (Å²) in [6.45, 7) is 0. The van der Waals surface area contributed by atoms with Crippen molar-refractivity contribution in [2.45, 2.75) is 0 Å². The Hall–Kier alpha value is -1.47. The number of thiol groups is 1. The summed E-state index contributed by atoms with van der Waals surface area (Å²) in [7, 11) is -3.12. The molecule has 13 heavy (non-hydrogen) atoms. The maximum atomic E-state index is 8.59. The molecule has 0 bridgehead atoms. The van der Waals surface area contributed by atoms with Crippen LogP contribution in [0, 0.1) is 0 Å². The summed E-state index contributed by atoms with van der Waals surface area (Å²) in [5, 5.41) is 10.2. The van der Waals surface area contributed by atoms with Crippen molar-refractivity contribution in [2.75, 3.05) is 0 Å². The van der Waals surface area contributed by atoms with Gasteiger partial charge in [-0.15, -0.1) is 5.10 Å². The largest absolute Gasteiger partial charge is 0.288 e. The average Bonchev–Trinajstić information content (AvgIpc) is 2.49. The smallest absolute Gasteiger partial charge is 0.254 e. The van der Waals surface area contributed by atoms with E-state index in [1.807, 2.05) is 24.3 Å². The third-order valence-corrected chi connectivity index (χ3v) is 1.23. The molecular formula is C6H7N3O3S. The number of nitrogens with zero attached hydrogens (tertiary/aromatic N) is 2.